The van der Waals surface area contributed by atoms with E-state index in [2.05, 4.69) is 10.3 Å². The monoisotopic (exact) mass is 207 g/mol. The van der Waals surface area contributed by atoms with Gasteiger partial charge in [-0.15, -0.1) is 0 Å². The van der Waals surface area contributed by atoms with Crippen molar-refractivity contribution in [1.29, 1.82) is 0 Å². The minimum Gasteiger partial charge on any atom is -0.356 e. The molecule has 3 nitrogen and oxygen atoms in total. The van der Waals surface area contributed by atoms with Gasteiger partial charge in [0.1, 0.15) is 0 Å². The van der Waals surface area contributed by atoms with Crippen LogP contribution in [0.1, 0.15) is 38.5 Å². The maximum Gasteiger partial charge on any atom is 0.202 e. The third-order valence-corrected chi connectivity index (χ3v) is 3.37. The molecule has 1 saturated carbocycles. The normalized spacial score (nSPS) is 17.1. The molecule has 0 saturated heterocycles. The molecule has 1 aromatic rings. The van der Waals surface area contributed by atoms with Crippen molar-refractivity contribution in [2.45, 2.75) is 38.5 Å². The Balaban J connectivity index is 1.60. The molecule has 1 N–H and O–H groups in total. The average molecular weight is 207 g/mol. The third-order valence-electron chi connectivity index (χ3n) is 3.37. The van der Waals surface area contributed by atoms with Crippen LogP contribution in [0, 0.1) is 5.92 Å². The first kappa shape index (κ1) is 10.5. The van der Waals surface area contributed by atoms with E-state index in [0.717, 1.165) is 18.4 Å². The fourth-order valence-electron chi connectivity index (χ4n) is 2.43. The Bertz CT molecular complexity index is 287. The lowest BCUT2D eigenvalue weighted by molar-refractivity contribution is 0.491. The quantitative estimate of drug-likeness (QED) is 0.752. The summed E-state index contributed by atoms with van der Waals surface area (Å²) >= 11 is 0. The molecule has 0 spiro atoms. The summed E-state index contributed by atoms with van der Waals surface area (Å²) in [6.07, 6.45) is 12.3. The average Bonchev–Trinajstić information content (AvgIpc) is 2.85. The second-order valence-corrected chi connectivity index (χ2v) is 4.58. The molecule has 84 valence electrons. The minimum absolute atomic E-state index is 0.987. The predicted octanol–water partition coefficient (Wildman–Crippen LogP) is 2.80. The van der Waals surface area contributed by atoms with Crippen molar-refractivity contribution in [3.05, 3.63) is 12.4 Å². The summed E-state index contributed by atoms with van der Waals surface area (Å²) < 4.78 is 2.02. The molecular formula is C12H21N3. The number of nitrogens with one attached hydrogen (secondary N) is 1. The highest BCUT2D eigenvalue weighted by Gasteiger charge is 2.13. The molecule has 0 bridgehead atoms. The molecule has 1 fully saturated rings. The van der Waals surface area contributed by atoms with E-state index in [-0.39, 0.29) is 0 Å². The van der Waals surface area contributed by atoms with Gasteiger partial charge in [-0.2, -0.15) is 0 Å². The second kappa shape index (κ2) is 5.19. The lowest BCUT2D eigenvalue weighted by Crippen LogP contribution is -2.07. The summed E-state index contributed by atoms with van der Waals surface area (Å²) in [6.45, 7) is 1.06. The number of hydrogen-bond donors (Lipinski definition) is 1. The number of hydrogen-bond acceptors (Lipinski definition) is 2. The van der Waals surface area contributed by atoms with Gasteiger partial charge in [-0.05, 0) is 18.8 Å². The summed E-state index contributed by atoms with van der Waals surface area (Å²) in [4.78, 5) is 4.24. The minimum atomic E-state index is 0.987. The lowest BCUT2D eigenvalue weighted by Gasteiger charge is -2.09. The van der Waals surface area contributed by atoms with Gasteiger partial charge in [0.05, 0.1) is 0 Å². The Kier molecular flexibility index (Phi) is 3.64. The number of anilines is 1. The zero-order chi connectivity index (χ0) is 10.5. The van der Waals surface area contributed by atoms with Crippen molar-refractivity contribution in [3.8, 4) is 0 Å². The highest BCUT2D eigenvalue weighted by Crippen LogP contribution is 2.28. The van der Waals surface area contributed by atoms with Crippen LogP contribution in [-0.4, -0.2) is 16.1 Å². The molecule has 0 aliphatic heterocycles. The van der Waals surface area contributed by atoms with Crippen molar-refractivity contribution in [3.63, 3.8) is 0 Å². The van der Waals surface area contributed by atoms with Gasteiger partial charge in [0.25, 0.3) is 0 Å². The summed E-state index contributed by atoms with van der Waals surface area (Å²) in [5.41, 5.74) is 0. The second-order valence-electron chi connectivity index (χ2n) is 4.58. The van der Waals surface area contributed by atoms with Gasteiger partial charge in [-0.3, -0.25) is 0 Å². The summed E-state index contributed by atoms with van der Waals surface area (Å²) in [6, 6.07) is 0. The van der Waals surface area contributed by atoms with Crippen LogP contribution < -0.4 is 5.32 Å². The predicted molar refractivity (Wildman–Crippen MR) is 62.9 cm³/mol. The van der Waals surface area contributed by atoms with Gasteiger partial charge in [-0.25, -0.2) is 4.98 Å². The van der Waals surface area contributed by atoms with Crippen LogP contribution in [0.3, 0.4) is 0 Å². The van der Waals surface area contributed by atoms with Crippen molar-refractivity contribution in [1.82, 2.24) is 9.55 Å². The first-order valence-corrected chi connectivity index (χ1v) is 6.07. The smallest absolute Gasteiger partial charge is 0.202 e. The Labute approximate surface area is 91.9 Å². The Morgan fingerprint density at radius 2 is 2.27 bits per heavy atom. The van der Waals surface area contributed by atoms with E-state index in [1.807, 2.05) is 24.0 Å². The third kappa shape index (κ3) is 2.98. The molecule has 15 heavy (non-hydrogen) atoms. The first-order chi connectivity index (χ1) is 7.36. The fourth-order valence-corrected chi connectivity index (χ4v) is 2.43. The Hall–Kier alpha value is -0.990. The van der Waals surface area contributed by atoms with Gasteiger partial charge in [-0.1, -0.05) is 25.7 Å². The molecule has 0 atom stereocenters. The van der Waals surface area contributed by atoms with E-state index < -0.39 is 0 Å². The van der Waals surface area contributed by atoms with Crippen LogP contribution in [0.4, 0.5) is 5.95 Å². The van der Waals surface area contributed by atoms with Crippen molar-refractivity contribution in [2.75, 3.05) is 11.9 Å². The van der Waals surface area contributed by atoms with E-state index in [1.54, 1.807) is 0 Å². The van der Waals surface area contributed by atoms with Gasteiger partial charge >= 0.3 is 0 Å². The standard InChI is InChI=1S/C12H21N3/c1-15-10-9-14-12(15)13-8-4-7-11-5-2-3-6-11/h9-11H,2-8H2,1H3,(H,13,14). The topological polar surface area (TPSA) is 29.9 Å². The van der Waals surface area contributed by atoms with E-state index in [1.165, 1.54) is 38.5 Å². The summed E-state index contributed by atoms with van der Waals surface area (Å²) in [5, 5.41) is 3.37. The molecule has 3 heteroatoms. The number of aryl methyl sites for hydroxylation is 1. The molecule has 0 radical (unpaired) electrons. The molecule has 1 heterocycles. The van der Waals surface area contributed by atoms with E-state index in [4.69, 9.17) is 0 Å². The summed E-state index contributed by atoms with van der Waals surface area (Å²) in [7, 11) is 2.02. The zero-order valence-corrected chi connectivity index (χ0v) is 9.58. The van der Waals surface area contributed by atoms with Crippen LogP contribution in [0.15, 0.2) is 12.4 Å². The van der Waals surface area contributed by atoms with Gasteiger partial charge in [0, 0.05) is 26.0 Å². The van der Waals surface area contributed by atoms with Crippen molar-refractivity contribution in [2.24, 2.45) is 13.0 Å². The van der Waals surface area contributed by atoms with Crippen LogP contribution in [0.5, 0.6) is 0 Å². The van der Waals surface area contributed by atoms with E-state index in [9.17, 15) is 0 Å². The molecule has 1 aromatic heterocycles. The number of imidazole rings is 1. The lowest BCUT2D eigenvalue weighted by atomic mass is 10.0. The number of aromatic nitrogens is 2. The maximum absolute atomic E-state index is 4.24. The van der Waals surface area contributed by atoms with E-state index in [0.29, 0.717) is 0 Å². The molecule has 0 aromatic carbocycles. The molecule has 0 unspecified atom stereocenters. The maximum atomic E-state index is 4.24. The van der Waals surface area contributed by atoms with Crippen LogP contribution in [-0.2, 0) is 7.05 Å². The molecule has 1 aliphatic rings. The number of nitrogens with zero attached hydrogens (tertiary/aromatic N) is 2. The van der Waals surface area contributed by atoms with E-state index >= 15 is 0 Å². The Morgan fingerprint density at radius 1 is 1.47 bits per heavy atom. The Morgan fingerprint density at radius 3 is 2.93 bits per heavy atom. The first-order valence-electron chi connectivity index (χ1n) is 6.07. The van der Waals surface area contributed by atoms with Crippen LogP contribution >= 0.6 is 0 Å². The largest absolute Gasteiger partial charge is 0.356 e. The highest BCUT2D eigenvalue weighted by atomic mass is 15.2. The summed E-state index contributed by atoms with van der Waals surface area (Å²) in [5.74, 6) is 1.99. The van der Waals surface area contributed by atoms with Gasteiger partial charge in [0.15, 0.2) is 0 Å². The number of rotatable bonds is 5. The highest BCUT2D eigenvalue weighted by molar-refractivity contribution is 5.24. The van der Waals surface area contributed by atoms with Crippen LogP contribution in [0.25, 0.3) is 0 Å². The van der Waals surface area contributed by atoms with Gasteiger partial charge < -0.3 is 9.88 Å². The zero-order valence-electron chi connectivity index (χ0n) is 9.58. The molecule has 0 amide bonds. The molecule has 1 aliphatic carbocycles. The van der Waals surface area contributed by atoms with Crippen LogP contribution in [0.2, 0.25) is 0 Å². The van der Waals surface area contributed by atoms with Crippen molar-refractivity contribution < 1.29 is 0 Å². The molecular weight excluding hydrogens is 186 g/mol. The molecule has 2 rings (SSSR count). The fraction of sp³-hybridized carbons (Fsp3) is 0.750. The SMILES string of the molecule is Cn1ccnc1NCCCC1CCCC1. The van der Waals surface area contributed by atoms with Crippen molar-refractivity contribution >= 4 is 5.95 Å². The van der Waals surface area contributed by atoms with Gasteiger partial charge in [0.2, 0.25) is 5.95 Å².